The molecule has 0 aromatic heterocycles. The Balaban J connectivity index is 2.35. The van der Waals surface area contributed by atoms with Crippen molar-refractivity contribution in [2.24, 2.45) is 0 Å². The number of nitrogens with zero attached hydrogens (tertiary/aromatic N) is 1. The molecule has 1 rings (SSSR count). The van der Waals surface area contributed by atoms with Gasteiger partial charge in [-0.05, 0) is 12.1 Å². The van der Waals surface area contributed by atoms with Crippen LogP contribution < -0.4 is 16.0 Å². The number of non-ortho nitro benzene ring substituents is 1. The van der Waals surface area contributed by atoms with Gasteiger partial charge < -0.3 is 16.0 Å². The van der Waals surface area contributed by atoms with Crippen molar-refractivity contribution >= 4 is 23.3 Å². The fourth-order valence-electron chi connectivity index (χ4n) is 1.26. The molecule has 0 spiro atoms. The van der Waals surface area contributed by atoms with E-state index in [1.807, 2.05) is 0 Å². The number of hydrogen-bond donors (Lipinski definition) is 3. The van der Waals surface area contributed by atoms with Crippen molar-refractivity contribution in [3.05, 3.63) is 34.4 Å². The summed E-state index contributed by atoms with van der Waals surface area (Å²) in [5.41, 5.74) is 0.402. The zero-order valence-corrected chi connectivity index (χ0v) is 10.3. The number of anilines is 1. The van der Waals surface area contributed by atoms with Crippen LogP contribution in [0.15, 0.2) is 24.3 Å². The molecule has 3 amide bonds. The third-order valence-electron chi connectivity index (χ3n) is 2.12. The lowest BCUT2D eigenvalue weighted by Crippen LogP contribution is -2.36. The Bertz CT molecular complexity index is 472. The Kier molecular flexibility index (Phi) is 5.27. The van der Waals surface area contributed by atoms with E-state index in [0.29, 0.717) is 18.8 Å². The van der Waals surface area contributed by atoms with Gasteiger partial charge in [0.15, 0.2) is 0 Å². The lowest BCUT2D eigenvalue weighted by atomic mass is 10.3. The highest BCUT2D eigenvalue weighted by Crippen LogP contribution is 2.14. The third kappa shape index (κ3) is 5.48. The molecule has 0 radical (unpaired) electrons. The molecule has 0 atom stereocenters. The summed E-state index contributed by atoms with van der Waals surface area (Å²) in [6.07, 6.45) is 0. The molecule has 0 aliphatic heterocycles. The normalized spacial score (nSPS) is 9.53. The van der Waals surface area contributed by atoms with E-state index in [4.69, 9.17) is 0 Å². The van der Waals surface area contributed by atoms with Crippen molar-refractivity contribution < 1.29 is 14.5 Å². The first kappa shape index (κ1) is 14.4. The van der Waals surface area contributed by atoms with E-state index in [-0.39, 0.29) is 11.6 Å². The van der Waals surface area contributed by atoms with Crippen LogP contribution >= 0.6 is 0 Å². The monoisotopic (exact) mass is 266 g/mol. The molecule has 0 bridgehead atoms. The summed E-state index contributed by atoms with van der Waals surface area (Å²) in [6, 6.07) is 5.02. The minimum absolute atomic E-state index is 0.0448. The van der Waals surface area contributed by atoms with Gasteiger partial charge in [0.05, 0.1) is 4.92 Å². The van der Waals surface area contributed by atoms with Crippen molar-refractivity contribution in [2.75, 3.05) is 18.4 Å². The van der Waals surface area contributed by atoms with Gasteiger partial charge in [0.25, 0.3) is 5.69 Å². The van der Waals surface area contributed by atoms with E-state index < -0.39 is 11.0 Å². The lowest BCUT2D eigenvalue weighted by molar-refractivity contribution is -0.384. The maximum atomic E-state index is 11.4. The van der Waals surface area contributed by atoms with Gasteiger partial charge in [-0.25, -0.2) is 4.79 Å². The standard InChI is InChI=1S/C11H14N4O4/c1-8(16)12-6-7-13-11(17)14-9-2-4-10(5-3-9)15(18)19/h2-5H,6-7H2,1H3,(H,12,16)(H2,13,14,17). The lowest BCUT2D eigenvalue weighted by Gasteiger charge is -2.07. The first-order chi connectivity index (χ1) is 8.99. The predicted molar refractivity (Wildman–Crippen MR) is 68.8 cm³/mol. The quantitative estimate of drug-likeness (QED) is 0.416. The van der Waals surface area contributed by atoms with Crippen LogP contribution in [0.3, 0.4) is 0 Å². The number of hydrogen-bond acceptors (Lipinski definition) is 4. The zero-order valence-electron chi connectivity index (χ0n) is 10.3. The van der Waals surface area contributed by atoms with Gasteiger partial charge in [-0.15, -0.1) is 0 Å². The molecule has 0 saturated heterocycles. The van der Waals surface area contributed by atoms with Crippen LogP contribution in [-0.4, -0.2) is 30.0 Å². The highest BCUT2D eigenvalue weighted by atomic mass is 16.6. The molecule has 8 nitrogen and oxygen atoms in total. The van der Waals surface area contributed by atoms with Crippen LogP contribution in [0.2, 0.25) is 0 Å². The number of benzene rings is 1. The molecular formula is C11H14N4O4. The molecule has 0 heterocycles. The van der Waals surface area contributed by atoms with Gasteiger partial charge in [0.1, 0.15) is 0 Å². The van der Waals surface area contributed by atoms with Gasteiger partial charge in [0, 0.05) is 37.8 Å². The number of rotatable bonds is 5. The molecule has 0 saturated carbocycles. The number of carbonyl (C=O) groups excluding carboxylic acids is 2. The maximum absolute atomic E-state index is 11.4. The smallest absolute Gasteiger partial charge is 0.319 e. The van der Waals surface area contributed by atoms with Gasteiger partial charge in [-0.1, -0.05) is 0 Å². The average Bonchev–Trinajstić information content (AvgIpc) is 2.35. The summed E-state index contributed by atoms with van der Waals surface area (Å²) in [4.78, 5) is 31.9. The Hall–Kier alpha value is -2.64. The summed E-state index contributed by atoms with van der Waals surface area (Å²) in [7, 11) is 0. The molecule has 19 heavy (non-hydrogen) atoms. The van der Waals surface area contributed by atoms with Gasteiger partial charge in [-0.3, -0.25) is 14.9 Å². The van der Waals surface area contributed by atoms with Crippen LogP contribution in [0, 0.1) is 10.1 Å². The van der Waals surface area contributed by atoms with Crippen molar-refractivity contribution in [1.29, 1.82) is 0 Å². The second kappa shape index (κ2) is 6.94. The Morgan fingerprint density at radius 2 is 1.74 bits per heavy atom. The molecule has 1 aromatic rings. The van der Waals surface area contributed by atoms with E-state index in [1.54, 1.807) is 0 Å². The number of amides is 3. The summed E-state index contributed by atoms with van der Waals surface area (Å²) in [5, 5.41) is 18.0. The molecule has 0 aliphatic carbocycles. The fraction of sp³-hybridized carbons (Fsp3) is 0.273. The molecule has 0 fully saturated rings. The summed E-state index contributed by atoms with van der Waals surface area (Å²) in [5.74, 6) is -0.169. The van der Waals surface area contributed by atoms with Crippen LogP contribution in [-0.2, 0) is 4.79 Å². The van der Waals surface area contributed by atoms with E-state index in [0.717, 1.165) is 0 Å². The van der Waals surface area contributed by atoms with Crippen LogP contribution in [0.1, 0.15) is 6.92 Å². The van der Waals surface area contributed by atoms with E-state index in [1.165, 1.54) is 31.2 Å². The third-order valence-corrected chi connectivity index (χ3v) is 2.12. The van der Waals surface area contributed by atoms with Crippen molar-refractivity contribution in [1.82, 2.24) is 10.6 Å². The molecule has 102 valence electrons. The first-order valence-electron chi connectivity index (χ1n) is 5.53. The number of urea groups is 1. The summed E-state index contributed by atoms with van der Waals surface area (Å²) in [6.45, 7) is 2.01. The van der Waals surface area contributed by atoms with Crippen LogP contribution in [0.25, 0.3) is 0 Å². The number of carbonyl (C=O) groups is 2. The second-order valence-corrected chi connectivity index (χ2v) is 3.67. The fourth-order valence-corrected chi connectivity index (χ4v) is 1.26. The Labute approximate surface area is 109 Å². The minimum atomic E-state index is -0.517. The van der Waals surface area contributed by atoms with Crippen LogP contribution in [0.5, 0.6) is 0 Å². The zero-order chi connectivity index (χ0) is 14.3. The Morgan fingerprint density at radius 1 is 1.16 bits per heavy atom. The minimum Gasteiger partial charge on any atom is -0.355 e. The van der Waals surface area contributed by atoms with Crippen molar-refractivity contribution in [3.63, 3.8) is 0 Å². The topological polar surface area (TPSA) is 113 Å². The highest BCUT2D eigenvalue weighted by Gasteiger charge is 2.05. The molecule has 0 unspecified atom stereocenters. The number of nitro groups is 1. The predicted octanol–water partition coefficient (Wildman–Crippen LogP) is 0.852. The first-order valence-corrected chi connectivity index (χ1v) is 5.53. The van der Waals surface area contributed by atoms with Gasteiger partial charge >= 0.3 is 6.03 Å². The van der Waals surface area contributed by atoms with Crippen molar-refractivity contribution in [2.45, 2.75) is 6.92 Å². The molecule has 1 aromatic carbocycles. The number of nitrogens with one attached hydrogen (secondary N) is 3. The summed E-state index contributed by atoms with van der Waals surface area (Å²) < 4.78 is 0. The van der Waals surface area contributed by atoms with Crippen molar-refractivity contribution in [3.8, 4) is 0 Å². The largest absolute Gasteiger partial charge is 0.355 e. The summed E-state index contributed by atoms with van der Waals surface area (Å²) >= 11 is 0. The Morgan fingerprint density at radius 3 is 2.26 bits per heavy atom. The highest BCUT2D eigenvalue weighted by molar-refractivity contribution is 5.89. The SMILES string of the molecule is CC(=O)NCCNC(=O)Nc1ccc([N+](=O)[O-])cc1. The second-order valence-electron chi connectivity index (χ2n) is 3.67. The van der Waals surface area contributed by atoms with Gasteiger partial charge in [-0.2, -0.15) is 0 Å². The molecule has 0 aliphatic rings. The van der Waals surface area contributed by atoms with E-state index >= 15 is 0 Å². The van der Waals surface area contributed by atoms with Crippen LogP contribution in [0.4, 0.5) is 16.2 Å². The van der Waals surface area contributed by atoms with E-state index in [9.17, 15) is 19.7 Å². The molecular weight excluding hydrogens is 252 g/mol. The molecule has 8 heteroatoms. The van der Waals surface area contributed by atoms with Gasteiger partial charge in [0.2, 0.25) is 5.91 Å². The number of nitro benzene ring substituents is 1. The average molecular weight is 266 g/mol. The van der Waals surface area contributed by atoms with E-state index in [2.05, 4.69) is 16.0 Å². The maximum Gasteiger partial charge on any atom is 0.319 e. The molecule has 3 N–H and O–H groups in total.